The van der Waals surface area contributed by atoms with E-state index in [-0.39, 0.29) is 0 Å². The van der Waals surface area contributed by atoms with Crippen LogP contribution in [0.2, 0.25) is 6.04 Å². The Morgan fingerprint density at radius 2 is 2.10 bits per heavy atom. The Kier molecular flexibility index (Phi) is 5.35. The van der Waals surface area contributed by atoms with Crippen molar-refractivity contribution < 1.29 is 13.5 Å². The Bertz CT molecular complexity index is 499. The summed E-state index contributed by atoms with van der Waals surface area (Å²) >= 11 is 0. The van der Waals surface area contributed by atoms with E-state index in [1.807, 2.05) is 0 Å². The predicted molar refractivity (Wildman–Crippen MR) is 81.1 cm³/mol. The fourth-order valence-corrected chi connectivity index (χ4v) is 4.29. The van der Waals surface area contributed by atoms with Gasteiger partial charge in [0.05, 0.1) is 21.9 Å². The van der Waals surface area contributed by atoms with Gasteiger partial charge in [-0.3, -0.25) is 0 Å². The molecule has 2 rings (SSSR count). The molecule has 1 unspecified atom stereocenters. The van der Waals surface area contributed by atoms with Crippen LogP contribution in [-0.2, 0) is 4.74 Å². The Hall–Kier alpha value is -1.16. The van der Waals surface area contributed by atoms with E-state index in [4.69, 9.17) is 4.74 Å². The molecule has 1 aromatic carbocycles. The Balaban J connectivity index is 1.89. The summed E-state index contributed by atoms with van der Waals surface area (Å²) in [7, 11) is -0.775. The maximum Gasteiger partial charge on any atom is 0.161 e. The van der Waals surface area contributed by atoms with E-state index < -0.39 is 21.2 Å². The number of allylic oxidation sites excluding steroid dienone is 2. The lowest BCUT2D eigenvalue weighted by Gasteiger charge is -2.23. The minimum absolute atomic E-state index is 0.383. The second-order valence-electron chi connectivity index (χ2n) is 5.54. The molecule has 1 aromatic rings. The predicted octanol–water partition coefficient (Wildman–Crippen LogP) is 3.21. The van der Waals surface area contributed by atoms with Crippen molar-refractivity contribution in [1.82, 2.24) is 0 Å². The highest BCUT2D eigenvalue weighted by Crippen LogP contribution is 2.22. The van der Waals surface area contributed by atoms with Crippen molar-refractivity contribution in [2.24, 2.45) is 5.92 Å². The molecule has 110 valence electrons. The first-order chi connectivity index (χ1) is 9.61. The Morgan fingerprint density at radius 1 is 1.30 bits per heavy atom. The SMILES string of the molecule is CCCC1=CCC(C[SiH2]c2ccc(C)c(F)c2F)CO1. The van der Waals surface area contributed by atoms with Crippen LogP contribution in [0.3, 0.4) is 0 Å². The molecule has 0 bridgehead atoms. The lowest BCUT2D eigenvalue weighted by Crippen LogP contribution is -2.25. The molecule has 0 aromatic heterocycles. The van der Waals surface area contributed by atoms with Gasteiger partial charge < -0.3 is 4.74 Å². The van der Waals surface area contributed by atoms with Gasteiger partial charge in [-0.25, -0.2) is 8.78 Å². The highest BCUT2D eigenvalue weighted by molar-refractivity contribution is 6.53. The molecule has 1 atom stereocenters. The van der Waals surface area contributed by atoms with E-state index in [1.165, 1.54) is 0 Å². The van der Waals surface area contributed by atoms with Crippen LogP contribution >= 0.6 is 0 Å². The van der Waals surface area contributed by atoms with Crippen LogP contribution in [0.5, 0.6) is 0 Å². The highest BCUT2D eigenvalue weighted by Gasteiger charge is 2.17. The fraction of sp³-hybridized carbons (Fsp3) is 0.500. The summed E-state index contributed by atoms with van der Waals surface area (Å²) in [5.74, 6) is 0.250. The molecule has 1 aliphatic rings. The molecule has 1 heterocycles. The molecular formula is C16H22F2OSi. The highest BCUT2D eigenvalue weighted by atomic mass is 28.2. The second kappa shape index (κ2) is 7.02. The quantitative estimate of drug-likeness (QED) is 0.758. The molecule has 0 N–H and O–H groups in total. The molecular weight excluding hydrogens is 274 g/mol. The van der Waals surface area contributed by atoms with Gasteiger partial charge in [-0.05, 0) is 42.5 Å². The van der Waals surface area contributed by atoms with Crippen LogP contribution in [0.1, 0.15) is 31.7 Å². The minimum Gasteiger partial charge on any atom is -0.498 e. The number of aryl methyl sites for hydroxylation is 1. The van der Waals surface area contributed by atoms with Gasteiger partial charge in [0.25, 0.3) is 0 Å². The smallest absolute Gasteiger partial charge is 0.161 e. The summed E-state index contributed by atoms with van der Waals surface area (Å²) in [6.45, 7) is 4.46. The molecule has 20 heavy (non-hydrogen) atoms. The molecule has 0 saturated heterocycles. The first-order valence-electron chi connectivity index (χ1n) is 7.37. The van der Waals surface area contributed by atoms with E-state index in [1.54, 1.807) is 19.1 Å². The van der Waals surface area contributed by atoms with Gasteiger partial charge in [0.1, 0.15) is 0 Å². The third kappa shape index (κ3) is 3.69. The van der Waals surface area contributed by atoms with Crippen molar-refractivity contribution in [2.75, 3.05) is 6.61 Å². The summed E-state index contributed by atoms with van der Waals surface area (Å²) < 4.78 is 33.0. The average molecular weight is 296 g/mol. The second-order valence-corrected chi connectivity index (χ2v) is 7.38. The average Bonchev–Trinajstić information content (AvgIpc) is 2.46. The van der Waals surface area contributed by atoms with Crippen LogP contribution < -0.4 is 5.19 Å². The van der Waals surface area contributed by atoms with Crippen LogP contribution in [0.4, 0.5) is 8.78 Å². The van der Waals surface area contributed by atoms with E-state index in [0.717, 1.165) is 37.7 Å². The molecule has 1 aliphatic heterocycles. The number of benzene rings is 1. The van der Waals surface area contributed by atoms with Crippen molar-refractivity contribution >= 4 is 14.7 Å². The van der Waals surface area contributed by atoms with Gasteiger partial charge in [-0.2, -0.15) is 0 Å². The van der Waals surface area contributed by atoms with Crippen LogP contribution in [-0.4, -0.2) is 16.1 Å². The number of hydrogen-bond donors (Lipinski definition) is 0. The van der Waals surface area contributed by atoms with E-state index in [2.05, 4.69) is 13.0 Å². The molecule has 0 spiro atoms. The van der Waals surface area contributed by atoms with Gasteiger partial charge in [-0.15, -0.1) is 0 Å². The number of ether oxygens (including phenoxy) is 1. The third-order valence-electron chi connectivity index (χ3n) is 3.86. The van der Waals surface area contributed by atoms with E-state index in [9.17, 15) is 8.78 Å². The Labute approximate surface area is 121 Å². The zero-order valence-electron chi connectivity index (χ0n) is 12.2. The molecule has 0 radical (unpaired) electrons. The summed E-state index contributed by atoms with van der Waals surface area (Å²) in [6, 6.07) is 4.40. The largest absolute Gasteiger partial charge is 0.498 e. The standard InChI is InChI=1S/C16H22F2OSi/c1-3-4-13-7-6-12(9-19-13)10-20-14-8-5-11(2)15(17)16(14)18/h5,7-8,12H,3-4,6,9-10,20H2,1-2H3. The van der Waals surface area contributed by atoms with Crippen molar-refractivity contribution in [1.29, 1.82) is 0 Å². The molecule has 0 saturated carbocycles. The summed E-state index contributed by atoms with van der Waals surface area (Å²) in [5, 5.41) is 0.608. The first-order valence-corrected chi connectivity index (χ1v) is 9.07. The molecule has 4 heteroatoms. The minimum atomic E-state index is -0.775. The summed E-state index contributed by atoms with van der Waals surface area (Å²) in [4.78, 5) is 0. The van der Waals surface area contributed by atoms with Gasteiger partial charge in [-0.1, -0.05) is 25.1 Å². The molecule has 0 fully saturated rings. The van der Waals surface area contributed by atoms with Gasteiger partial charge in [0.15, 0.2) is 11.6 Å². The van der Waals surface area contributed by atoms with Crippen LogP contribution in [0.15, 0.2) is 24.0 Å². The zero-order chi connectivity index (χ0) is 14.5. The first kappa shape index (κ1) is 15.2. The summed E-state index contributed by atoms with van der Waals surface area (Å²) in [5.41, 5.74) is 0.383. The van der Waals surface area contributed by atoms with Crippen LogP contribution in [0, 0.1) is 24.5 Å². The number of rotatable bonds is 5. The zero-order valence-corrected chi connectivity index (χ0v) is 13.6. The normalized spacial score (nSPS) is 19.2. The van der Waals surface area contributed by atoms with Gasteiger partial charge in [0, 0.05) is 6.42 Å². The van der Waals surface area contributed by atoms with Crippen molar-refractivity contribution in [3.8, 4) is 0 Å². The van der Waals surface area contributed by atoms with Gasteiger partial charge in [0.2, 0.25) is 0 Å². The lowest BCUT2D eigenvalue weighted by molar-refractivity contribution is 0.146. The fourth-order valence-electron chi connectivity index (χ4n) is 2.51. The summed E-state index contributed by atoms with van der Waals surface area (Å²) in [6.07, 6.45) is 5.28. The topological polar surface area (TPSA) is 9.23 Å². The Morgan fingerprint density at radius 3 is 2.75 bits per heavy atom. The van der Waals surface area contributed by atoms with Crippen molar-refractivity contribution in [3.05, 3.63) is 41.2 Å². The number of hydrogen-bond acceptors (Lipinski definition) is 1. The maximum atomic E-state index is 13.8. The molecule has 0 amide bonds. The molecule has 0 aliphatic carbocycles. The third-order valence-corrected chi connectivity index (χ3v) is 6.05. The van der Waals surface area contributed by atoms with Crippen molar-refractivity contribution in [2.45, 2.75) is 39.2 Å². The van der Waals surface area contributed by atoms with Gasteiger partial charge >= 0.3 is 0 Å². The maximum absolute atomic E-state index is 13.8. The van der Waals surface area contributed by atoms with E-state index >= 15 is 0 Å². The lowest BCUT2D eigenvalue weighted by atomic mass is 10.1. The van der Waals surface area contributed by atoms with E-state index in [0.29, 0.717) is 16.7 Å². The monoisotopic (exact) mass is 296 g/mol. The van der Waals surface area contributed by atoms with Crippen LogP contribution in [0.25, 0.3) is 0 Å². The number of halogens is 2. The molecule has 1 nitrogen and oxygen atoms in total. The van der Waals surface area contributed by atoms with Crippen molar-refractivity contribution in [3.63, 3.8) is 0 Å².